The number of hydrogen-bond donors (Lipinski definition) is 0. The highest BCUT2D eigenvalue weighted by molar-refractivity contribution is 6.42. The van der Waals surface area contributed by atoms with Crippen molar-refractivity contribution in [2.24, 2.45) is 0 Å². The van der Waals surface area contributed by atoms with E-state index in [0.29, 0.717) is 10.0 Å². The van der Waals surface area contributed by atoms with Gasteiger partial charge in [-0.15, -0.1) is 0 Å². The number of imidazole rings is 1. The van der Waals surface area contributed by atoms with Gasteiger partial charge in [0.15, 0.2) is 0 Å². The van der Waals surface area contributed by atoms with Crippen molar-refractivity contribution < 1.29 is 0 Å². The number of aryl methyl sites for hydroxylation is 1. The van der Waals surface area contributed by atoms with Gasteiger partial charge in [0.25, 0.3) is 0 Å². The maximum Gasteiger partial charge on any atom is 0.0993 e. The van der Waals surface area contributed by atoms with Gasteiger partial charge in [-0.2, -0.15) is 0 Å². The van der Waals surface area contributed by atoms with Crippen LogP contribution in [0.5, 0.6) is 0 Å². The first-order valence-electron chi connectivity index (χ1n) is 7.21. The molecule has 2 aromatic heterocycles. The highest BCUT2D eigenvalue weighted by Crippen LogP contribution is 2.35. The smallest absolute Gasteiger partial charge is 0.0993 e. The first-order valence-corrected chi connectivity index (χ1v) is 7.97. The Kier molecular flexibility index (Phi) is 3.21. The van der Waals surface area contributed by atoms with E-state index in [-0.39, 0.29) is 0 Å². The van der Waals surface area contributed by atoms with Crippen molar-refractivity contribution in [3.05, 3.63) is 46.7 Å². The molecule has 0 aliphatic heterocycles. The molecule has 0 spiro atoms. The van der Waals surface area contributed by atoms with E-state index in [1.54, 1.807) is 0 Å². The predicted molar refractivity (Wildman–Crippen MR) is 92.9 cm³/mol. The van der Waals surface area contributed by atoms with E-state index >= 15 is 0 Å². The standard InChI is InChI=1S/C17H13Cl2N3/c1-2-7-22-9-20-17-14(22)6-5-12-15(17)16(19)11-4-3-10(18)8-13(11)21-12/h3-6,8-9H,2,7H2,1H3. The van der Waals surface area contributed by atoms with Crippen LogP contribution in [0.1, 0.15) is 13.3 Å². The largest absolute Gasteiger partial charge is 0.331 e. The molecular weight excluding hydrogens is 317 g/mol. The molecule has 0 N–H and O–H groups in total. The number of rotatable bonds is 2. The fraction of sp³-hybridized carbons (Fsp3) is 0.176. The summed E-state index contributed by atoms with van der Waals surface area (Å²) in [6.45, 7) is 3.09. The molecule has 4 aromatic rings. The average Bonchev–Trinajstić information content (AvgIpc) is 2.90. The van der Waals surface area contributed by atoms with Gasteiger partial charge in [0, 0.05) is 22.3 Å². The van der Waals surface area contributed by atoms with E-state index < -0.39 is 0 Å². The van der Waals surface area contributed by atoms with Crippen LogP contribution in [-0.4, -0.2) is 14.5 Å². The molecule has 4 rings (SSSR count). The minimum absolute atomic E-state index is 0.656. The molecule has 5 heteroatoms. The number of fused-ring (bicyclic) bond motifs is 4. The summed E-state index contributed by atoms with van der Waals surface area (Å²) in [7, 11) is 0. The molecule has 0 saturated carbocycles. The molecular formula is C17H13Cl2N3. The maximum absolute atomic E-state index is 6.66. The monoisotopic (exact) mass is 329 g/mol. The number of hydrogen-bond acceptors (Lipinski definition) is 2. The van der Waals surface area contributed by atoms with E-state index in [4.69, 9.17) is 23.2 Å². The molecule has 22 heavy (non-hydrogen) atoms. The fourth-order valence-corrected chi connectivity index (χ4v) is 3.41. The Balaban J connectivity index is 2.14. The lowest BCUT2D eigenvalue weighted by Gasteiger charge is -2.07. The number of nitrogens with zero attached hydrogens (tertiary/aromatic N) is 3. The Morgan fingerprint density at radius 3 is 2.77 bits per heavy atom. The Hall–Kier alpha value is -1.84. The van der Waals surface area contributed by atoms with E-state index in [9.17, 15) is 0 Å². The van der Waals surface area contributed by atoms with Gasteiger partial charge in [-0.25, -0.2) is 9.97 Å². The molecule has 2 heterocycles. The van der Waals surface area contributed by atoms with Gasteiger partial charge in [-0.3, -0.25) is 0 Å². The van der Waals surface area contributed by atoms with E-state index in [1.807, 2.05) is 30.6 Å². The summed E-state index contributed by atoms with van der Waals surface area (Å²) < 4.78 is 2.15. The van der Waals surface area contributed by atoms with Crippen molar-refractivity contribution in [3.8, 4) is 0 Å². The quantitative estimate of drug-likeness (QED) is 0.457. The summed E-state index contributed by atoms with van der Waals surface area (Å²) in [6.07, 6.45) is 2.93. The number of aromatic nitrogens is 3. The van der Waals surface area contributed by atoms with Crippen LogP contribution in [-0.2, 0) is 6.54 Å². The minimum Gasteiger partial charge on any atom is -0.331 e. The number of benzene rings is 2. The summed E-state index contributed by atoms with van der Waals surface area (Å²) in [6, 6.07) is 9.63. The van der Waals surface area contributed by atoms with Crippen molar-refractivity contribution in [1.82, 2.24) is 14.5 Å². The van der Waals surface area contributed by atoms with Gasteiger partial charge < -0.3 is 4.57 Å². The second-order valence-corrected chi connectivity index (χ2v) is 6.17. The number of halogens is 2. The molecule has 3 nitrogen and oxygen atoms in total. The van der Waals surface area contributed by atoms with Crippen molar-refractivity contribution >= 4 is 56.0 Å². The zero-order valence-electron chi connectivity index (χ0n) is 12.0. The van der Waals surface area contributed by atoms with Crippen LogP contribution >= 0.6 is 23.2 Å². The Bertz CT molecular complexity index is 1020. The lowest BCUT2D eigenvalue weighted by molar-refractivity contribution is 0.697. The van der Waals surface area contributed by atoms with Gasteiger partial charge in [-0.05, 0) is 36.8 Å². The van der Waals surface area contributed by atoms with Gasteiger partial charge in [-0.1, -0.05) is 30.1 Å². The van der Waals surface area contributed by atoms with Crippen molar-refractivity contribution in [1.29, 1.82) is 0 Å². The minimum atomic E-state index is 0.656. The topological polar surface area (TPSA) is 30.7 Å². The molecule has 0 atom stereocenters. The van der Waals surface area contributed by atoms with Gasteiger partial charge in [0.1, 0.15) is 0 Å². The molecule has 0 saturated heterocycles. The van der Waals surface area contributed by atoms with Crippen LogP contribution < -0.4 is 0 Å². The summed E-state index contributed by atoms with van der Waals surface area (Å²) in [5.41, 5.74) is 3.64. The highest BCUT2D eigenvalue weighted by atomic mass is 35.5. The molecule has 0 aliphatic carbocycles. The van der Waals surface area contributed by atoms with Crippen LogP contribution in [0.2, 0.25) is 10.0 Å². The first-order chi connectivity index (χ1) is 10.7. The normalized spacial score (nSPS) is 11.8. The highest BCUT2D eigenvalue weighted by Gasteiger charge is 2.13. The molecule has 0 bridgehead atoms. The molecule has 0 aliphatic rings. The van der Waals surface area contributed by atoms with Crippen LogP contribution in [0.15, 0.2) is 36.7 Å². The second kappa shape index (κ2) is 5.11. The average molecular weight is 330 g/mol. The SMILES string of the molecule is CCCn1cnc2c3c(Cl)c4ccc(Cl)cc4nc3ccc21. The van der Waals surface area contributed by atoms with Crippen molar-refractivity contribution in [2.75, 3.05) is 0 Å². The van der Waals surface area contributed by atoms with Gasteiger partial charge in [0.2, 0.25) is 0 Å². The molecule has 0 radical (unpaired) electrons. The van der Waals surface area contributed by atoms with E-state index in [0.717, 1.165) is 45.8 Å². The summed E-state index contributed by atoms with van der Waals surface area (Å²) >= 11 is 12.7. The maximum atomic E-state index is 6.66. The Morgan fingerprint density at radius 2 is 1.95 bits per heavy atom. The van der Waals surface area contributed by atoms with E-state index in [1.165, 1.54) is 0 Å². The zero-order chi connectivity index (χ0) is 15.3. The molecule has 2 aromatic carbocycles. The fourth-order valence-electron chi connectivity index (χ4n) is 2.90. The molecule has 0 amide bonds. The summed E-state index contributed by atoms with van der Waals surface area (Å²) in [5, 5.41) is 3.15. The lowest BCUT2D eigenvalue weighted by Crippen LogP contribution is -1.94. The van der Waals surface area contributed by atoms with Crippen LogP contribution in [0.3, 0.4) is 0 Å². The van der Waals surface area contributed by atoms with Crippen molar-refractivity contribution in [3.63, 3.8) is 0 Å². The van der Waals surface area contributed by atoms with Crippen LogP contribution in [0.25, 0.3) is 32.8 Å². The Labute approximate surface area is 137 Å². The first kappa shape index (κ1) is 13.8. The van der Waals surface area contributed by atoms with Gasteiger partial charge in [0.05, 0.1) is 33.4 Å². The van der Waals surface area contributed by atoms with Crippen molar-refractivity contribution in [2.45, 2.75) is 19.9 Å². The third-order valence-electron chi connectivity index (χ3n) is 3.89. The second-order valence-electron chi connectivity index (χ2n) is 5.35. The van der Waals surface area contributed by atoms with Gasteiger partial charge >= 0.3 is 0 Å². The summed E-state index contributed by atoms with van der Waals surface area (Å²) in [4.78, 5) is 9.25. The zero-order valence-corrected chi connectivity index (χ0v) is 13.5. The van der Waals surface area contributed by atoms with E-state index in [2.05, 4.69) is 27.5 Å². The third-order valence-corrected chi connectivity index (χ3v) is 4.52. The molecule has 110 valence electrons. The third kappa shape index (κ3) is 1.97. The van der Waals surface area contributed by atoms with Crippen LogP contribution in [0.4, 0.5) is 0 Å². The Morgan fingerprint density at radius 1 is 1.09 bits per heavy atom. The molecule has 0 unspecified atom stereocenters. The number of pyridine rings is 1. The van der Waals surface area contributed by atoms with Crippen LogP contribution in [0, 0.1) is 0 Å². The lowest BCUT2D eigenvalue weighted by atomic mass is 10.1. The molecule has 0 fully saturated rings. The summed E-state index contributed by atoms with van der Waals surface area (Å²) in [5.74, 6) is 0. The predicted octanol–water partition coefficient (Wildman–Crippen LogP) is 5.45.